The average molecular weight is 269 g/mol. The van der Waals surface area contributed by atoms with Crippen LogP contribution < -0.4 is 11.1 Å². The number of imidazole rings is 1. The zero-order valence-electron chi connectivity index (χ0n) is 11.4. The Morgan fingerprint density at radius 1 is 1.30 bits per heavy atom. The molecule has 0 saturated heterocycles. The fraction of sp³-hybridized carbons (Fsp3) is 0.467. The van der Waals surface area contributed by atoms with Crippen LogP contribution >= 0.6 is 0 Å². The standard InChI is InChI=1S/C15H19N5/c16-15(18-10-5-6-10)17-9-14-19-12-3-1-2-4-13(12)20(14)11-7-8-11/h1-4,10-11H,5-9H2,(H3,16,17,18). The zero-order valence-corrected chi connectivity index (χ0v) is 11.4. The molecule has 1 aromatic heterocycles. The molecule has 1 aromatic carbocycles. The van der Waals surface area contributed by atoms with Crippen LogP contribution in [0.5, 0.6) is 0 Å². The monoisotopic (exact) mass is 269 g/mol. The van der Waals surface area contributed by atoms with E-state index in [1.807, 2.05) is 6.07 Å². The van der Waals surface area contributed by atoms with E-state index in [1.165, 1.54) is 31.2 Å². The van der Waals surface area contributed by atoms with Crippen molar-refractivity contribution in [1.82, 2.24) is 14.9 Å². The minimum absolute atomic E-state index is 0.543. The van der Waals surface area contributed by atoms with E-state index in [0.29, 0.717) is 24.6 Å². The summed E-state index contributed by atoms with van der Waals surface area (Å²) in [6, 6.07) is 9.44. The summed E-state index contributed by atoms with van der Waals surface area (Å²) < 4.78 is 2.34. The fourth-order valence-corrected chi connectivity index (χ4v) is 2.58. The summed E-state index contributed by atoms with van der Waals surface area (Å²) >= 11 is 0. The number of rotatable bonds is 4. The molecule has 2 fully saturated rings. The molecule has 104 valence electrons. The Labute approximate surface area is 117 Å². The van der Waals surface area contributed by atoms with Gasteiger partial charge in [0, 0.05) is 12.1 Å². The molecule has 0 spiro atoms. The number of nitrogens with one attached hydrogen (secondary N) is 1. The highest BCUT2D eigenvalue weighted by Gasteiger charge is 2.28. The van der Waals surface area contributed by atoms with Crippen LogP contribution in [0.4, 0.5) is 0 Å². The highest BCUT2D eigenvalue weighted by molar-refractivity contribution is 5.79. The van der Waals surface area contributed by atoms with Gasteiger partial charge < -0.3 is 15.6 Å². The Morgan fingerprint density at radius 3 is 2.85 bits per heavy atom. The minimum atomic E-state index is 0.543. The number of guanidine groups is 1. The molecule has 0 atom stereocenters. The van der Waals surface area contributed by atoms with Crippen LogP contribution in [-0.4, -0.2) is 21.6 Å². The van der Waals surface area contributed by atoms with Gasteiger partial charge in [0.25, 0.3) is 0 Å². The Hall–Kier alpha value is -2.04. The summed E-state index contributed by atoms with van der Waals surface area (Å²) in [5.74, 6) is 1.57. The molecule has 4 rings (SSSR count). The fourth-order valence-electron chi connectivity index (χ4n) is 2.58. The maximum atomic E-state index is 5.90. The first-order chi connectivity index (χ1) is 9.81. The van der Waals surface area contributed by atoms with Gasteiger partial charge in [0.15, 0.2) is 5.96 Å². The molecule has 20 heavy (non-hydrogen) atoms. The van der Waals surface area contributed by atoms with Crippen molar-refractivity contribution < 1.29 is 0 Å². The van der Waals surface area contributed by atoms with Gasteiger partial charge in [0.05, 0.1) is 11.0 Å². The highest BCUT2D eigenvalue weighted by Crippen LogP contribution is 2.38. The van der Waals surface area contributed by atoms with E-state index in [1.54, 1.807) is 0 Å². The van der Waals surface area contributed by atoms with Gasteiger partial charge in [0.2, 0.25) is 0 Å². The molecule has 5 heteroatoms. The molecule has 0 unspecified atom stereocenters. The van der Waals surface area contributed by atoms with Crippen molar-refractivity contribution in [1.29, 1.82) is 0 Å². The van der Waals surface area contributed by atoms with Gasteiger partial charge >= 0.3 is 0 Å². The summed E-state index contributed by atoms with van der Waals surface area (Å²) in [4.78, 5) is 9.15. The minimum Gasteiger partial charge on any atom is -0.370 e. The number of aliphatic imine (C=N–C) groups is 1. The maximum absolute atomic E-state index is 5.90. The number of nitrogens with zero attached hydrogens (tertiary/aromatic N) is 3. The SMILES string of the molecule is NC(=NCc1nc2ccccc2n1C1CC1)NC1CC1. The average Bonchev–Trinajstić information content (AvgIpc) is 3.36. The van der Waals surface area contributed by atoms with Gasteiger partial charge in [-0.05, 0) is 37.8 Å². The highest BCUT2D eigenvalue weighted by atomic mass is 15.2. The molecule has 2 aliphatic rings. The topological polar surface area (TPSA) is 68.2 Å². The lowest BCUT2D eigenvalue weighted by Gasteiger charge is -2.07. The van der Waals surface area contributed by atoms with E-state index in [4.69, 9.17) is 10.7 Å². The van der Waals surface area contributed by atoms with E-state index >= 15 is 0 Å². The number of para-hydroxylation sites is 2. The summed E-state index contributed by atoms with van der Waals surface area (Å²) in [6.07, 6.45) is 4.90. The molecule has 2 saturated carbocycles. The van der Waals surface area contributed by atoms with E-state index in [-0.39, 0.29) is 0 Å². The van der Waals surface area contributed by atoms with Crippen LogP contribution in [0, 0.1) is 0 Å². The van der Waals surface area contributed by atoms with Crippen molar-refractivity contribution in [2.75, 3.05) is 0 Å². The maximum Gasteiger partial charge on any atom is 0.189 e. The second-order valence-corrected chi connectivity index (χ2v) is 5.74. The quantitative estimate of drug-likeness (QED) is 0.658. The Kier molecular flexibility index (Phi) is 2.65. The first-order valence-electron chi connectivity index (χ1n) is 7.33. The molecular formula is C15H19N5. The molecule has 0 aliphatic heterocycles. The first-order valence-corrected chi connectivity index (χ1v) is 7.33. The molecule has 2 aromatic rings. The van der Waals surface area contributed by atoms with Crippen LogP contribution in [0.3, 0.4) is 0 Å². The third-order valence-corrected chi connectivity index (χ3v) is 3.90. The third kappa shape index (κ3) is 2.24. The Balaban J connectivity index is 1.62. The predicted molar refractivity (Wildman–Crippen MR) is 79.5 cm³/mol. The lowest BCUT2D eigenvalue weighted by atomic mass is 10.3. The third-order valence-electron chi connectivity index (χ3n) is 3.90. The second kappa shape index (κ2) is 4.51. The Bertz CT molecular complexity index is 664. The van der Waals surface area contributed by atoms with Crippen molar-refractivity contribution in [3.63, 3.8) is 0 Å². The van der Waals surface area contributed by atoms with Crippen molar-refractivity contribution in [3.8, 4) is 0 Å². The molecule has 2 aliphatic carbocycles. The van der Waals surface area contributed by atoms with Gasteiger partial charge in [-0.15, -0.1) is 0 Å². The van der Waals surface area contributed by atoms with Crippen LogP contribution in [0.25, 0.3) is 11.0 Å². The molecule has 0 amide bonds. The lowest BCUT2D eigenvalue weighted by molar-refractivity contribution is 0.699. The molecule has 1 heterocycles. The first kappa shape index (κ1) is 11.8. The summed E-state index contributed by atoms with van der Waals surface area (Å²) in [6.45, 7) is 0.552. The summed E-state index contributed by atoms with van der Waals surface area (Å²) in [5.41, 5.74) is 8.17. The van der Waals surface area contributed by atoms with E-state index in [2.05, 4.69) is 33.1 Å². The molecule has 5 nitrogen and oxygen atoms in total. The predicted octanol–water partition coefficient (Wildman–Crippen LogP) is 1.94. The van der Waals surface area contributed by atoms with Gasteiger partial charge in [-0.1, -0.05) is 12.1 Å². The molecule has 3 N–H and O–H groups in total. The number of benzene rings is 1. The number of hydrogen-bond donors (Lipinski definition) is 2. The number of hydrogen-bond acceptors (Lipinski definition) is 2. The zero-order chi connectivity index (χ0) is 13.5. The van der Waals surface area contributed by atoms with Crippen LogP contribution in [0.15, 0.2) is 29.3 Å². The molecule has 0 radical (unpaired) electrons. The largest absolute Gasteiger partial charge is 0.370 e. The second-order valence-electron chi connectivity index (χ2n) is 5.74. The van der Waals surface area contributed by atoms with Crippen molar-refractivity contribution in [2.45, 2.75) is 44.3 Å². The van der Waals surface area contributed by atoms with Gasteiger partial charge in [-0.3, -0.25) is 0 Å². The van der Waals surface area contributed by atoms with Gasteiger partial charge in [-0.25, -0.2) is 9.98 Å². The van der Waals surface area contributed by atoms with Crippen molar-refractivity contribution in [2.24, 2.45) is 10.7 Å². The summed E-state index contributed by atoms with van der Waals surface area (Å²) in [7, 11) is 0. The van der Waals surface area contributed by atoms with Gasteiger partial charge in [0.1, 0.15) is 12.4 Å². The van der Waals surface area contributed by atoms with Crippen LogP contribution in [0.2, 0.25) is 0 Å². The number of fused-ring (bicyclic) bond motifs is 1. The summed E-state index contributed by atoms with van der Waals surface area (Å²) in [5, 5.41) is 3.21. The smallest absolute Gasteiger partial charge is 0.189 e. The van der Waals surface area contributed by atoms with E-state index in [9.17, 15) is 0 Å². The van der Waals surface area contributed by atoms with Crippen molar-refractivity contribution >= 4 is 17.0 Å². The van der Waals surface area contributed by atoms with Crippen LogP contribution in [0.1, 0.15) is 37.5 Å². The number of aromatic nitrogens is 2. The van der Waals surface area contributed by atoms with Crippen molar-refractivity contribution in [3.05, 3.63) is 30.1 Å². The lowest BCUT2D eigenvalue weighted by Crippen LogP contribution is -2.33. The molecular weight excluding hydrogens is 250 g/mol. The van der Waals surface area contributed by atoms with Crippen LogP contribution in [-0.2, 0) is 6.54 Å². The van der Waals surface area contributed by atoms with E-state index in [0.717, 1.165) is 11.3 Å². The van der Waals surface area contributed by atoms with Gasteiger partial charge in [-0.2, -0.15) is 0 Å². The Morgan fingerprint density at radius 2 is 2.10 bits per heavy atom. The van der Waals surface area contributed by atoms with E-state index < -0.39 is 0 Å². The number of nitrogens with two attached hydrogens (primary N) is 1. The molecule has 0 bridgehead atoms. The normalized spacial score (nSPS) is 19.5.